The van der Waals surface area contributed by atoms with Gasteiger partial charge in [-0.1, -0.05) is 42.5 Å². The van der Waals surface area contributed by atoms with Gasteiger partial charge in [0.05, 0.1) is 0 Å². The second-order valence-electron chi connectivity index (χ2n) is 7.57. The molecule has 0 radical (unpaired) electrons. The minimum absolute atomic E-state index is 0.0472. The molecule has 1 aliphatic rings. The number of fused-ring (bicyclic) bond motifs is 1. The molecule has 154 valence electrons. The van der Waals surface area contributed by atoms with Crippen molar-refractivity contribution in [3.8, 4) is 5.75 Å². The number of amides is 2. The molecule has 1 heterocycles. The number of hydrogen-bond acceptors (Lipinski definition) is 3. The second-order valence-corrected chi connectivity index (χ2v) is 7.57. The van der Waals surface area contributed by atoms with Crippen LogP contribution in [0.15, 0.2) is 66.7 Å². The van der Waals surface area contributed by atoms with Crippen LogP contribution < -0.4 is 10.1 Å². The Kier molecular flexibility index (Phi) is 5.93. The van der Waals surface area contributed by atoms with Crippen LogP contribution in [0.25, 0.3) is 10.8 Å². The summed E-state index contributed by atoms with van der Waals surface area (Å²) in [5.41, 5.74) is 0.887. The molecule has 0 aliphatic carbocycles. The van der Waals surface area contributed by atoms with E-state index < -0.39 is 0 Å². The van der Waals surface area contributed by atoms with E-state index >= 15 is 0 Å². The lowest BCUT2D eigenvalue weighted by Crippen LogP contribution is -2.34. The Bertz CT molecular complexity index is 1050. The molecule has 1 fully saturated rings. The zero-order valence-electron chi connectivity index (χ0n) is 16.5. The van der Waals surface area contributed by atoms with Crippen molar-refractivity contribution in [1.82, 2.24) is 10.2 Å². The van der Waals surface area contributed by atoms with Crippen LogP contribution in [0, 0.1) is 11.7 Å². The van der Waals surface area contributed by atoms with Crippen molar-refractivity contribution in [2.45, 2.75) is 13.0 Å². The molecule has 5 nitrogen and oxygen atoms in total. The Morgan fingerprint density at radius 3 is 2.63 bits per heavy atom. The lowest BCUT2D eigenvalue weighted by atomic mass is 10.1. The molecule has 4 rings (SSSR count). The predicted molar refractivity (Wildman–Crippen MR) is 112 cm³/mol. The lowest BCUT2D eigenvalue weighted by molar-refractivity contribution is -0.128. The normalized spacial score (nSPS) is 16.1. The number of carbonyl (C=O) groups excluding carboxylic acids is 2. The highest BCUT2D eigenvalue weighted by Gasteiger charge is 2.29. The summed E-state index contributed by atoms with van der Waals surface area (Å²) < 4.78 is 18.6. The first-order valence-corrected chi connectivity index (χ1v) is 9.97. The highest BCUT2D eigenvalue weighted by molar-refractivity contribution is 5.84. The van der Waals surface area contributed by atoms with Gasteiger partial charge in [0, 0.05) is 32.0 Å². The van der Waals surface area contributed by atoms with Crippen LogP contribution in [0.2, 0.25) is 0 Å². The Balaban J connectivity index is 1.22. The van der Waals surface area contributed by atoms with Gasteiger partial charge in [0.15, 0.2) is 6.61 Å². The third kappa shape index (κ3) is 4.95. The number of hydrogen-bond donors (Lipinski definition) is 1. The van der Waals surface area contributed by atoms with Crippen molar-refractivity contribution in [2.24, 2.45) is 5.92 Å². The summed E-state index contributed by atoms with van der Waals surface area (Å²) in [5, 5.41) is 5.02. The van der Waals surface area contributed by atoms with Crippen molar-refractivity contribution in [1.29, 1.82) is 0 Å². The van der Waals surface area contributed by atoms with Gasteiger partial charge in [0.2, 0.25) is 5.91 Å². The minimum atomic E-state index is -0.294. The smallest absolute Gasteiger partial charge is 0.257 e. The van der Waals surface area contributed by atoms with Crippen LogP contribution in [0.1, 0.15) is 12.0 Å². The second kappa shape index (κ2) is 8.95. The monoisotopic (exact) mass is 406 g/mol. The highest BCUT2D eigenvalue weighted by atomic mass is 19.1. The molecule has 0 saturated carbocycles. The van der Waals surface area contributed by atoms with Crippen molar-refractivity contribution in [2.75, 3.05) is 19.7 Å². The molecule has 3 aromatic carbocycles. The molecule has 1 atom stereocenters. The molecule has 0 aromatic heterocycles. The molecule has 1 unspecified atom stereocenters. The summed E-state index contributed by atoms with van der Waals surface area (Å²) in [6, 6.07) is 19.8. The average molecular weight is 406 g/mol. The standard InChI is InChI=1S/C24H23FN2O3/c25-21-8-5-17(6-9-21)14-27-15-18(11-24(27)29)13-26-23(28)16-30-22-10-7-19-3-1-2-4-20(19)12-22/h1-10,12,18H,11,13-16H2,(H,26,28). The maximum absolute atomic E-state index is 13.0. The fraction of sp³-hybridized carbons (Fsp3) is 0.250. The minimum Gasteiger partial charge on any atom is -0.484 e. The van der Waals surface area contributed by atoms with Crippen LogP contribution in [0.4, 0.5) is 4.39 Å². The predicted octanol–water partition coefficient (Wildman–Crippen LogP) is 3.52. The molecule has 0 spiro atoms. The number of carbonyl (C=O) groups is 2. The zero-order chi connectivity index (χ0) is 20.9. The molecule has 30 heavy (non-hydrogen) atoms. The van der Waals surface area contributed by atoms with Crippen molar-refractivity contribution in [3.63, 3.8) is 0 Å². The van der Waals surface area contributed by atoms with Crippen LogP contribution in [0.3, 0.4) is 0 Å². The first-order valence-electron chi connectivity index (χ1n) is 9.97. The number of likely N-dealkylation sites (tertiary alicyclic amines) is 1. The summed E-state index contributed by atoms with van der Waals surface area (Å²) in [6.07, 6.45) is 0.396. The third-order valence-electron chi connectivity index (χ3n) is 5.26. The fourth-order valence-corrected chi connectivity index (χ4v) is 3.67. The Hall–Kier alpha value is -3.41. The van der Waals surface area contributed by atoms with Gasteiger partial charge < -0.3 is 15.0 Å². The molecule has 6 heteroatoms. The van der Waals surface area contributed by atoms with E-state index in [4.69, 9.17) is 4.74 Å². The fourth-order valence-electron chi connectivity index (χ4n) is 3.67. The topological polar surface area (TPSA) is 58.6 Å². The van der Waals surface area contributed by atoms with Gasteiger partial charge in [-0.2, -0.15) is 0 Å². The zero-order valence-corrected chi connectivity index (χ0v) is 16.5. The maximum atomic E-state index is 13.0. The summed E-state index contributed by atoms with van der Waals surface area (Å²) in [6.45, 7) is 1.38. The summed E-state index contributed by atoms with van der Waals surface area (Å²) >= 11 is 0. The number of benzene rings is 3. The number of ether oxygens (including phenoxy) is 1. The maximum Gasteiger partial charge on any atom is 0.257 e. The molecular formula is C24H23FN2O3. The largest absolute Gasteiger partial charge is 0.484 e. The number of nitrogens with one attached hydrogen (secondary N) is 1. The molecule has 1 aliphatic heterocycles. The van der Waals surface area contributed by atoms with E-state index in [0.29, 0.717) is 31.8 Å². The van der Waals surface area contributed by atoms with Crippen molar-refractivity contribution in [3.05, 3.63) is 78.1 Å². The van der Waals surface area contributed by atoms with Crippen LogP contribution in [-0.2, 0) is 16.1 Å². The van der Waals surface area contributed by atoms with E-state index in [1.54, 1.807) is 17.0 Å². The van der Waals surface area contributed by atoms with Gasteiger partial charge in [-0.25, -0.2) is 4.39 Å². The van der Waals surface area contributed by atoms with E-state index in [9.17, 15) is 14.0 Å². The van der Waals surface area contributed by atoms with Crippen LogP contribution >= 0.6 is 0 Å². The Morgan fingerprint density at radius 1 is 1.07 bits per heavy atom. The lowest BCUT2D eigenvalue weighted by Gasteiger charge is -2.17. The van der Waals surface area contributed by atoms with E-state index in [-0.39, 0.29) is 30.2 Å². The molecule has 0 bridgehead atoms. The van der Waals surface area contributed by atoms with Crippen LogP contribution in [-0.4, -0.2) is 36.4 Å². The number of nitrogens with zero attached hydrogens (tertiary/aromatic N) is 1. The van der Waals surface area contributed by atoms with E-state index in [1.165, 1.54) is 12.1 Å². The molecular weight excluding hydrogens is 383 g/mol. The summed E-state index contributed by atoms with van der Waals surface area (Å²) in [4.78, 5) is 26.1. The number of rotatable bonds is 7. The number of halogens is 1. The van der Waals surface area contributed by atoms with Gasteiger partial charge in [-0.15, -0.1) is 0 Å². The van der Waals surface area contributed by atoms with E-state index in [2.05, 4.69) is 5.32 Å². The van der Waals surface area contributed by atoms with E-state index in [1.807, 2.05) is 42.5 Å². The molecule has 2 amide bonds. The molecule has 1 saturated heterocycles. The highest BCUT2D eigenvalue weighted by Crippen LogP contribution is 2.21. The van der Waals surface area contributed by atoms with Gasteiger partial charge in [0.25, 0.3) is 5.91 Å². The van der Waals surface area contributed by atoms with Gasteiger partial charge >= 0.3 is 0 Å². The average Bonchev–Trinajstić information content (AvgIpc) is 3.11. The molecule has 3 aromatic rings. The van der Waals surface area contributed by atoms with E-state index in [0.717, 1.165) is 16.3 Å². The summed E-state index contributed by atoms with van der Waals surface area (Å²) in [5.74, 6) is 0.240. The first-order chi connectivity index (χ1) is 14.6. The Morgan fingerprint density at radius 2 is 1.83 bits per heavy atom. The van der Waals surface area contributed by atoms with Gasteiger partial charge in [-0.3, -0.25) is 9.59 Å². The van der Waals surface area contributed by atoms with Crippen molar-refractivity contribution >= 4 is 22.6 Å². The van der Waals surface area contributed by atoms with Gasteiger partial charge in [0.1, 0.15) is 11.6 Å². The van der Waals surface area contributed by atoms with Crippen LogP contribution in [0.5, 0.6) is 5.75 Å². The quantitative estimate of drug-likeness (QED) is 0.653. The van der Waals surface area contributed by atoms with Crippen molar-refractivity contribution < 1.29 is 18.7 Å². The summed E-state index contributed by atoms with van der Waals surface area (Å²) in [7, 11) is 0. The SMILES string of the molecule is O=C(COc1ccc2ccccc2c1)NCC1CC(=O)N(Cc2ccc(F)cc2)C1. The van der Waals surface area contributed by atoms with Gasteiger partial charge in [-0.05, 0) is 40.6 Å². The third-order valence-corrected chi connectivity index (χ3v) is 5.26. The Labute approximate surface area is 174 Å². The first kappa shape index (κ1) is 19.9. The molecule has 1 N–H and O–H groups in total.